The molecule has 9 nitrogen and oxygen atoms in total. The van der Waals surface area contributed by atoms with Crippen molar-refractivity contribution in [2.45, 2.75) is 0 Å². The molecule has 0 amide bonds. The lowest BCUT2D eigenvalue weighted by Gasteiger charge is -2.09. The molecule has 0 aliphatic rings. The zero-order valence-electron chi connectivity index (χ0n) is 15.7. The molecule has 0 saturated carbocycles. The van der Waals surface area contributed by atoms with Crippen LogP contribution in [-0.2, 0) is 4.74 Å². The average molecular weight is 416 g/mol. The maximum atomic E-state index is 12.7. The topological polar surface area (TPSA) is 130 Å². The number of carbonyl (C=O) groups is 2. The number of nitrogens with zero attached hydrogens (tertiary/aromatic N) is 2. The van der Waals surface area contributed by atoms with Crippen LogP contribution < -0.4 is 0 Å². The van der Waals surface area contributed by atoms with Gasteiger partial charge in [0, 0.05) is 22.9 Å². The number of hydrogen-bond acceptors (Lipinski definition) is 7. The standard InChI is InChI=1S/C22H12N2O7/c25-21(17-9-11-19(23(27)28)15-7-3-1-5-13(15)17)31-22(26)18-10-12-20(24(29)30)16-8-4-2-6-14(16)18/h1-12H. The fourth-order valence-electron chi connectivity index (χ4n) is 3.43. The second kappa shape index (κ2) is 7.64. The van der Waals surface area contributed by atoms with Crippen LogP contribution in [0.4, 0.5) is 11.4 Å². The molecule has 0 bridgehead atoms. The third-order valence-electron chi connectivity index (χ3n) is 4.82. The number of non-ortho nitro benzene ring substituents is 2. The van der Waals surface area contributed by atoms with E-state index in [2.05, 4.69) is 0 Å². The van der Waals surface area contributed by atoms with Crippen molar-refractivity contribution in [1.29, 1.82) is 0 Å². The number of esters is 2. The predicted octanol–water partition coefficient (Wildman–Crippen LogP) is 4.81. The molecule has 9 heteroatoms. The molecular weight excluding hydrogens is 404 g/mol. The van der Waals surface area contributed by atoms with Gasteiger partial charge in [-0.15, -0.1) is 0 Å². The molecule has 0 aromatic heterocycles. The summed E-state index contributed by atoms with van der Waals surface area (Å²) in [5, 5.41) is 23.5. The summed E-state index contributed by atoms with van der Waals surface area (Å²) < 4.78 is 5.02. The van der Waals surface area contributed by atoms with E-state index in [9.17, 15) is 29.8 Å². The minimum absolute atomic E-state index is 0.0132. The number of fused-ring (bicyclic) bond motifs is 2. The van der Waals surface area contributed by atoms with Crippen LogP contribution in [0.5, 0.6) is 0 Å². The lowest BCUT2D eigenvalue weighted by molar-refractivity contribution is -0.383. The molecule has 0 saturated heterocycles. The Bertz CT molecular complexity index is 1300. The first kappa shape index (κ1) is 19.6. The highest BCUT2D eigenvalue weighted by Gasteiger charge is 2.23. The van der Waals surface area contributed by atoms with Gasteiger partial charge < -0.3 is 4.74 Å². The first-order valence-corrected chi connectivity index (χ1v) is 8.97. The fourth-order valence-corrected chi connectivity index (χ4v) is 3.43. The zero-order chi connectivity index (χ0) is 22.1. The van der Waals surface area contributed by atoms with Crippen LogP contribution in [0, 0.1) is 20.2 Å². The van der Waals surface area contributed by atoms with E-state index in [1.54, 1.807) is 24.3 Å². The summed E-state index contributed by atoms with van der Waals surface area (Å²) in [5.41, 5.74) is -0.388. The molecular formula is C22H12N2O7. The van der Waals surface area contributed by atoms with Crippen LogP contribution in [0.15, 0.2) is 72.8 Å². The number of benzene rings is 4. The van der Waals surface area contributed by atoms with Gasteiger partial charge in [-0.1, -0.05) is 36.4 Å². The Morgan fingerprint density at radius 1 is 0.581 bits per heavy atom. The molecule has 152 valence electrons. The lowest BCUT2D eigenvalue weighted by atomic mass is 10.0. The van der Waals surface area contributed by atoms with Gasteiger partial charge in [-0.25, -0.2) is 9.59 Å². The van der Waals surface area contributed by atoms with Crippen LogP contribution in [-0.4, -0.2) is 21.8 Å². The van der Waals surface area contributed by atoms with Crippen molar-refractivity contribution in [3.8, 4) is 0 Å². The molecule has 4 aromatic rings. The molecule has 0 unspecified atom stereocenters. The van der Waals surface area contributed by atoms with Crippen LogP contribution in [0.3, 0.4) is 0 Å². The highest BCUT2D eigenvalue weighted by atomic mass is 16.6. The third kappa shape index (κ3) is 3.44. The van der Waals surface area contributed by atoms with E-state index in [0.717, 1.165) is 0 Å². The minimum atomic E-state index is -0.987. The highest BCUT2D eigenvalue weighted by molar-refractivity contribution is 6.14. The van der Waals surface area contributed by atoms with Gasteiger partial charge >= 0.3 is 11.9 Å². The number of nitro groups is 2. The molecule has 4 aromatic carbocycles. The summed E-state index contributed by atoms with van der Waals surface area (Å²) in [6.45, 7) is 0. The largest absolute Gasteiger partial charge is 0.386 e. The normalized spacial score (nSPS) is 10.7. The first-order valence-electron chi connectivity index (χ1n) is 8.97. The van der Waals surface area contributed by atoms with Gasteiger partial charge in [0.2, 0.25) is 0 Å². The SMILES string of the molecule is O=C(OC(=O)c1ccc([N+](=O)[O-])c2ccccc12)c1ccc([N+](=O)[O-])c2ccccc12. The van der Waals surface area contributed by atoms with E-state index >= 15 is 0 Å². The van der Waals surface area contributed by atoms with Crippen molar-refractivity contribution < 1.29 is 24.2 Å². The Hall–Kier alpha value is -4.66. The van der Waals surface area contributed by atoms with E-state index in [-0.39, 0.29) is 44.0 Å². The van der Waals surface area contributed by atoms with Crippen molar-refractivity contribution in [2.75, 3.05) is 0 Å². The number of hydrogen-bond donors (Lipinski definition) is 0. The average Bonchev–Trinajstić information content (AvgIpc) is 2.77. The predicted molar refractivity (Wildman–Crippen MR) is 111 cm³/mol. The Labute approximate surface area is 173 Å². The second-order valence-corrected chi connectivity index (χ2v) is 6.55. The number of carbonyl (C=O) groups excluding carboxylic acids is 2. The van der Waals surface area contributed by atoms with Gasteiger partial charge in [-0.2, -0.15) is 0 Å². The third-order valence-corrected chi connectivity index (χ3v) is 4.82. The maximum absolute atomic E-state index is 12.7. The summed E-state index contributed by atoms with van der Waals surface area (Å²) in [5.74, 6) is -1.97. The van der Waals surface area contributed by atoms with Crippen molar-refractivity contribution >= 4 is 44.9 Å². The van der Waals surface area contributed by atoms with E-state index in [1.807, 2.05) is 0 Å². The van der Waals surface area contributed by atoms with Gasteiger partial charge in [0.05, 0.1) is 31.7 Å². The van der Waals surface area contributed by atoms with Crippen molar-refractivity contribution in [1.82, 2.24) is 0 Å². The van der Waals surface area contributed by atoms with Crippen LogP contribution in [0.25, 0.3) is 21.5 Å². The summed E-state index contributed by atoms with van der Waals surface area (Å²) in [4.78, 5) is 46.8. The summed E-state index contributed by atoms with van der Waals surface area (Å²) >= 11 is 0. The highest BCUT2D eigenvalue weighted by Crippen LogP contribution is 2.31. The van der Waals surface area contributed by atoms with Crippen molar-refractivity contribution in [2.24, 2.45) is 0 Å². The summed E-state index contributed by atoms with van der Waals surface area (Å²) in [6.07, 6.45) is 0. The molecule has 31 heavy (non-hydrogen) atoms. The smallest absolute Gasteiger partial charge is 0.346 e. The van der Waals surface area contributed by atoms with Gasteiger partial charge in [-0.3, -0.25) is 20.2 Å². The van der Waals surface area contributed by atoms with Gasteiger partial charge in [0.25, 0.3) is 11.4 Å². The molecule has 0 spiro atoms. The van der Waals surface area contributed by atoms with Gasteiger partial charge in [0.1, 0.15) is 0 Å². The Morgan fingerprint density at radius 3 is 1.29 bits per heavy atom. The Morgan fingerprint density at radius 2 is 0.935 bits per heavy atom. The minimum Gasteiger partial charge on any atom is -0.386 e. The number of rotatable bonds is 4. The number of ether oxygens (including phenoxy) is 1. The van der Waals surface area contributed by atoms with Crippen molar-refractivity contribution in [3.05, 3.63) is 104 Å². The lowest BCUT2D eigenvalue weighted by Crippen LogP contribution is -2.14. The second-order valence-electron chi connectivity index (χ2n) is 6.55. The number of nitro benzene ring substituents is 2. The van der Waals surface area contributed by atoms with E-state index < -0.39 is 21.8 Å². The van der Waals surface area contributed by atoms with Crippen LogP contribution in [0.1, 0.15) is 20.7 Å². The maximum Gasteiger partial charge on any atom is 0.346 e. The quantitative estimate of drug-likeness (QED) is 0.202. The van der Waals surface area contributed by atoms with E-state index in [1.165, 1.54) is 48.5 Å². The molecule has 0 fully saturated rings. The molecule has 0 radical (unpaired) electrons. The molecule has 4 rings (SSSR count). The molecule has 0 aliphatic carbocycles. The molecule has 0 heterocycles. The van der Waals surface area contributed by atoms with Crippen LogP contribution in [0.2, 0.25) is 0 Å². The zero-order valence-corrected chi connectivity index (χ0v) is 15.7. The Balaban J connectivity index is 1.73. The van der Waals surface area contributed by atoms with Gasteiger partial charge in [0.15, 0.2) is 0 Å². The van der Waals surface area contributed by atoms with Crippen LogP contribution >= 0.6 is 0 Å². The fraction of sp³-hybridized carbons (Fsp3) is 0. The van der Waals surface area contributed by atoms with E-state index in [4.69, 9.17) is 4.74 Å². The van der Waals surface area contributed by atoms with Gasteiger partial charge in [-0.05, 0) is 24.3 Å². The summed E-state index contributed by atoms with van der Waals surface area (Å²) in [6, 6.07) is 17.2. The monoisotopic (exact) mass is 416 g/mol. The first-order chi connectivity index (χ1) is 14.9. The molecule has 0 aliphatic heterocycles. The molecule has 0 N–H and O–H groups in total. The summed E-state index contributed by atoms with van der Waals surface area (Å²) in [7, 11) is 0. The van der Waals surface area contributed by atoms with Crippen molar-refractivity contribution in [3.63, 3.8) is 0 Å². The molecule has 0 atom stereocenters. The van der Waals surface area contributed by atoms with E-state index in [0.29, 0.717) is 0 Å². The Kier molecular flexibility index (Phi) is 4.84.